The maximum Gasteiger partial charge on any atom is 0.315 e. The molecule has 2 N–H and O–H groups in total. The van der Waals surface area contributed by atoms with Gasteiger partial charge in [-0.2, -0.15) is 5.10 Å². The minimum Gasteiger partial charge on any atom is -0.492 e. The van der Waals surface area contributed by atoms with Crippen molar-refractivity contribution in [3.63, 3.8) is 0 Å². The largest absolute Gasteiger partial charge is 0.492 e. The van der Waals surface area contributed by atoms with Crippen LogP contribution in [0.25, 0.3) is 10.8 Å². The Labute approximate surface area is 162 Å². The van der Waals surface area contributed by atoms with Gasteiger partial charge in [-0.3, -0.25) is 4.79 Å². The van der Waals surface area contributed by atoms with Gasteiger partial charge in [-0.15, -0.1) is 6.42 Å². The Morgan fingerprint density at radius 2 is 1.79 bits per heavy atom. The second-order valence-electron chi connectivity index (χ2n) is 5.93. The monoisotopic (exact) mass is 376 g/mol. The highest BCUT2D eigenvalue weighted by molar-refractivity contribution is 5.84. The van der Waals surface area contributed by atoms with E-state index in [-0.39, 0.29) is 24.7 Å². The fourth-order valence-electron chi connectivity index (χ4n) is 2.71. The third kappa shape index (κ3) is 4.68. The zero-order chi connectivity index (χ0) is 19.8. The van der Waals surface area contributed by atoms with Crippen LogP contribution in [0.2, 0.25) is 0 Å². The number of ether oxygens (including phenoxy) is 1. The average molecular weight is 376 g/mol. The van der Waals surface area contributed by atoms with Crippen LogP contribution in [-0.2, 0) is 13.1 Å². The first-order valence-electron chi connectivity index (χ1n) is 8.81. The summed E-state index contributed by atoms with van der Waals surface area (Å²) in [5.74, 6) is 3.16. The molecule has 0 aliphatic rings. The summed E-state index contributed by atoms with van der Waals surface area (Å²) in [5, 5.41) is 11.0. The Hall–Kier alpha value is -3.79. The smallest absolute Gasteiger partial charge is 0.315 e. The molecule has 3 aromatic rings. The van der Waals surface area contributed by atoms with E-state index in [1.807, 2.05) is 36.4 Å². The van der Waals surface area contributed by atoms with E-state index < -0.39 is 0 Å². The number of para-hydroxylation sites is 1. The third-order valence-electron chi connectivity index (χ3n) is 4.00. The molecule has 0 saturated heterocycles. The van der Waals surface area contributed by atoms with E-state index in [0.29, 0.717) is 29.6 Å². The molecule has 7 nitrogen and oxygen atoms in total. The Bertz CT molecular complexity index is 1050. The van der Waals surface area contributed by atoms with E-state index in [2.05, 4.69) is 21.7 Å². The first kappa shape index (κ1) is 19.0. The SMILES string of the molecule is C#CCn1nc(CNC(=O)NCCOc2ccccc2)c2ccccc2c1=O. The molecule has 0 aliphatic heterocycles. The van der Waals surface area contributed by atoms with Crippen molar-refractivity contribution >= 4 is 16.8 Å². The van der Waals surface area contributed by atoms with Crippen LogP contribution >= 0.6 is 0 Å². The van der Waals surface area contributed by atoms with Crippen molar-refractivity contribution in [2.45, 2.75) is 13.1 Å². The fraction of sp³-hybridized carbons (Fsp3) is 0.190. The summed E-state index contributed by atoms with van der Waals surface area (Å²) in [6.07, 6.45) is 5.31. The highest BCUT2D eigenvalue weighted by Crippen LogP contribution is 2.13. The molecular formula is C21H20N4O3. The highest BCUT2D eigenvalue weighted by atomic mass is 16.5. The number of carbonyl (C=O) groups is 1. The van der Waals surface area contributed by atoms with E-state index in [4.69, 9.17) is 11.2 Å². The number of hydrogen-bond donors (Lipinski definition) is 2. The van der Waals surface area contributed by atoms with E-state index in [1.54, 1.807) is 18.2 Å². The topological polar surface area (TPSA) is 85.2 Å². The van der Waals surface area contributed by atoms with Crippen molar-refractivity contribution in [2.75, 3.05) is 13.2 Å². The van der Waals surface area contributed by atoms with E-state index >= 15 is 0 Å². The zero-order valence-electron chi connectivity index (χ0n) is 15.2. The van der Waals surface area contributed by atoms with Gasteiger partial charge in [0.15, 0.2) is 0 Å². The average Bonchev–Trinajstić information content (AvgIpc) is 2.73. The van der Waals surface area contributed by atoms with Crippen molar-refractivity contribution in [3.8, 4) is 18.1 Å². The summed E-state index contributed by atoms with van der Waals surface area (Å²) in [6, 6.07) is 16.1. The minimum atomic E-state index is -0.350. The number of urea groups is 1. The van der Waals surface area contributed by atoms with Gasteiger partial charge in [-0.25, -0.2) is 9.48 Å². The fourth-order valence-corrected chi connectivity index (χ4v) is 2.71. The number of hydrogen-bond acceptors (Lipinski definition) is 4. The van der Waals surface area contributed by atoms with Crippen molar-refractivity contribution < 1.29 is 9.53 Å². The second kappa shape index (κ2) is 9.24. The van der Waals surface area contributed by atoms with Crippen LogP contribution in [-0.4, -0.2) is 29.0 Å². The molecule has 2 aromatic carbocycles. The molecule has 0 saturated carbocycles. The van der Waals surface area contributed by atoms with Gasteiger partial charge in [0, 0.05) is 5.39 Å². The number of rotatable bonds is 7. The number of nitrogens with zero attached hydrogens (tertiary/aromatic N) is 2. The molecule has 0 radical (unpaired) electrons. The molecule has 3 rings (SSSR count). The lowest BCUT2D eigenvalue weighted by molar-refractivity contribution is 0.236. The number of fused-ring (bicyclic) bond motifs is 1. The number of amides is 2. The summed E-state index contributed by atoms with van der Waals surface area (Å²) in [4.78, 5) is 24.4. The van der Waals surface area contributed by atoms with Gasteiger partial charge in [-0.1, -0.05) is 42.3 Å². The predicted octanol–water partition coefficient (Wildman–Crippen LogP) is 1.91. The van der Waals surface area contributed by atoms with Crippen molar-refractivity contribution in [2.24, 2.45) is 0 Å². The maximum atomic E-state index is 12.4. The molecule has 7 heteroatoms. The van der Waals surface area contributed by atoms with Crippen LogP contribution in [0.4, 0.5) is 4.79 Å². The van der Waals surface area contributed by atoms with E-state index in [0.717, 1.165) is 5.75 Å². The summed E-state index contributed by atoms with van der Waals surface area (Å²) < 4.78 is 6.75. The van der Waals surface area contributed by atoms with E-state index in [1.165, 1.54) is 4.68 Å². The first-order chi connectivity index (χ1) is 13.7. The van der Waals surface area contributed by atoms with Crippen LogP contribution in [0, 0.1) is 12.3 Å². The Balaban J connectivity index is 1.58. The Morgan fingerprint density at radius 1 is 1.07 bits per heavy atom. The Morgan fingerprint density at radius 3 is 2.54 bits per heavy atom. The third-order valence-corrected chi connectivity index (χ3v) is 4.00. The minimum absolute atomic E-state index is 0.0691. The number of aromatic nitrogens is 2. The molecular weight excluding hydrogens is 356 g/mol. The van der Waals surface area contributed by atoms with Gasteiger partial charge in [0.2, 0.25) is 0 Å². The summed E-state index contributed by atoms with van der Waals surface area (Å²) >= 11 is 0. The molecule has 2 amide bonds. The van der Waals surface area contributed by atoms with Crippen molar-refractivity contribution in [3.05, 3.63) is 70.6 Å². The normalized spacial score (nSPS) is 10.2. The molecule has 1 aromatic heterocycles. The molecule has 0 atom stereocenters. The number of carbonyl (C=O) groups excluding carboxylic acids is 1. The second-order valence-corrected chi connectivity index (χ2v) is 5.93. The van der Waals surface area contributed by atoms with Crippen molar-refractivity contribution in [1.82, 2.24) is 20.4 Å². The van der Waals surface area contributed by atoms with Crippen LogP contribution < -0.4 is 20.9 Å². The lowest BCUT2D eigenvalue weighted by atomic mass is 10.1. The van der Waals surface area contributed by atoms with Crippen LogP contribution in [0.15, 0.2) is 59.4 Å². The summed E-state index contributed by atoms with van der Waals surface area (Å²) in [5.41, 5.74) is 0.320. The molecule has 142 valence electrons. The van der Waals surface area contributed by atoms with Gasteiger partial charge >= 0.3 is 6.03 Å². The van der Waals surface area contributed by atoms with Gasteiger partial charge in [0.05, 0.1) is 24.2 Å². The molecule has 0 unspecified atom stereocenters. The predicted molar refractivity (Wildman–Crippen MR) is 107 cm³/mol. The van der Waals surface area contributed by atoms with Crippen molar-refractivity contribution in [1.29, 1.82) is 0 Å². The number of nitrogens with one attached hydrogen (secondary N) is 2. The van der Waals surface area contributed by atoms with Gasteiger partial charge < -0.3 is 15.4 Å². The van der Waals surface area contributed by atoms with Crippen LogP contribution in [0.3, 0.4) is 0 Å². The van der Waals surface area contributed by atoms with E-state index in [9.17, 15) is 9.59 Å². The molecule has 0 spiro atoms. The number of terminal acetylenes is 1. The highest BCUT2D eigenvalue weighted by Gasteiger charge is 2.10. The lowest BCUT2D eigenvalue weighted by Gasteiger charge is -2.11. The Kier molecular flexibility index (Phi) is 6.26. The zero-order valence-corrected chi connectivity index (χ0v) is 15.2. The van der Waals surface area contributed by atoms with Gasteiger partial charge in [-0.05, 0) is 18.2 Å². The molecule has 0 bridgehead atoms. The summed E-state index contributed by atoms with van der Waals surface area (Å²) in [7, 11) is 0. The van der Waals surface area contributed by atoms with Gasteiger partial charge in [0.25, 0.3) is 5.56 Å². The standard InChI is InChI=1S/C21H20N4O3/c1-2-13-25-20(26)18-11-7-6-10-17(18)19(24-25)15-23-21(27)22-12-14-28-16-8-4-3-5-9-16/h1,3-11H,12-15H2,(H2,22,23,27). The molecule has 0 fully saturated rings. The molecule has 1 heterocycles. The van der Waals surface area contributed by atoms with Gasteiger partial charge in [0.1, 0.15) is 18.9 Å². The molecule has 0 aliphatic carbocycles. The quantitative estimate of drug-likeness (QED) is 0.487. The molecule has 28 heavy (non-hydrogen) atoms. The van der Waals surface area contributed by atoms with Crippen LogP contribution in [0.5, 0.6) is 5.75 Å². The lowest BCUT2D eigenvalue weighted by Crippen LogP contribution is -2.38. The maximum absolute atomic E-state index is 12.4. The van der Waals surface area contributed by atoms with Crippen LogP contribution in [0.1, 0.15) is 5.69 Å². The summed E-state index contributed by atoms with van der Waals surface area (Å²) in [6.45, 7) is 0.938. The first-order valence-corrected chi connectivity index (χ1v) is 8.81. The number of benzene rings is 2.